The van der Waals surface area contributed by atoms with Crippen molar-refractivity contribution in [2.24, 2.45) is 0 Å². The number of rotatable bonds is 5. The molecule has 0 saturated carbocycles. The molecule has 1 atom stereocenters. The molecule has 2 heterocycles. The second-order valence-corrected chi connectivity index (χ2v) is 3.89. The van der Waals surface area contributed by atoms with Gasteiger partial charge in [-0.15, -0.1) is 0 Å². The summed E-state index contributed by atoms with van der Waals surface area (Å²) in [4.78, 5) is 26.6. The lowest BCUT2D eigenvalue weighted by atomic mass is 10.3. The molecule has 0 fully saturated rings. The van der Waals surface area contributed by atoms with E-state index in [4.69, 9.17) is 0 Å². The van der Waals surface area contributed by atoms with Gasteiger partial charge < -0.3 is 15.0 Å². The maximum Gasteiger partial charge on any atom is 0.288 e. The minimum absolute atomic E-state index is 0.0147. The Hall–Kier alpha value is -2.48. The van der Waals surface area contributed by atoms with Gasteiger partial charge in [-0.2, -0.15) is 5.10 Å². The molecule has 0 spiro atoms. The topological polar surface area (TPSA) is 113 Å². The third-order valence-electron chi connectivity index (χ3n) is 2.43. The zero-order chi connectivity index (χ0) is 13.7. The minimum Gasteiger partial charge on any atom is -0.389 e. The molecule has 100 valence electrons. The van der Waals surface area contributed by atoms with Crippen LogP contribution in [0.1, 0.15) is 10.6 Å². The van der Waals surface area contributed by atoms with E-state index in [1.165, 1.54) is 17.0 Å². The summed E-state index contributed by atoms with van der Waals surface area (Å²) < 4.78 is 1.37. The van der Waals surface area contributed by atoms with Gasteiger partial charge in [0.25, 0.3) is 11.5 Å². The monoisotopic (exact) mass is 263 g/mol. The van der Waals surface area contributed by atoms with E-state index in [0.29, 0.717) is 0 Å². The molecule has 2 aromatic rings. The minimum atomic E-state index is -0.869. The first-order valence-electron chi connectivity index (χ1n) is 5.64. The molecule has 1 unspecified atom stereocenters. The highest BCUT2D eigenvalue weighted by Gasteiger charge is 2.11. The lowest BCUT2D eigenvalue weighted by molar-refractivity contribution is 0.0893. The van der Waals surface area contributed by atoms with Crippen LogP contribution in [0.5, 0.6) is 0 Å². The molecular weight excluding hydrogens is 250 g/mol. The molecule has 1 amide bonds. The molecule has 8 heteroatoms. The summed E-state index contributed by atoms with van der Waals surface area (Å²) in [5, 5.41) is 18.2. The number of aliphatic hydroxyl groups is 1. The largest absolute Gasteiger partial charge is 0.389 e. The number of hydrogen-bond donors (Lipinski definition) is 3. The van der Waals surface area contributed by atoms with Crippen LogP contribution >= 0.6 is 0 Å². The second kappa shape index (κ2) is 5.91. The maximum absolute atomic E-state index is 11.5. The standard InChI is InChI=1S/C11H13N5O3/c17-8(6-16-4-2-1-3-9(16)18)5-12-11(19)10-13-7-14-15-10/h1-4,7-8,17H,5-6H2,(H,12,19)(H,13,14,15). The van der Waals surface area contributed by atoms with E-state index in [1.54, 1.807) is 18.3 Å². The third kappa shape index (κ3) is 3.49. The molecule has 0 aliphatic heterocycles. The van der Waals surface area contributed by atoms with Gasteiger partial charge >= 0.3 is 0 Å². The van der Waals surface area contributed by atoms with Gasteiger partial charge in [-0.1, -0.05) is 6.07 Å². The van der Waals surface area contributed by atoms with Crippen LogP contribution in [0.3, 0.4) is 0 Å². The van der Waals surface area contributed by atoms with Crippen molar-refractivity contribution in [3.05, 3.63) is 46.9 Å². The number of carbonyl (C=O) groups excluding carboxylic acids is 1. The molecule has 2 aromatic heterocycles. The molecule has 0 aliphatic carbocycles. The molecule has 0 radical (unpaired) electrons. The predicted octanol–water partition coefficient (Wildman–Crippen LogP) is -1.24. The molecule has 3 N–H and O–H groups in total. The fraction of sp³-hybridized carbons (Fsp3) is 0.273. The molecule has 0 aromatic carbocycles. The van der Waals surface area contributed by atoms with Crippen molar-refractivity contribution in [3.63, 3.8) is 0 Å². The van der Waals surface area contributed by atoms with Crippen LogP contribution in [0.25, 0.3) is 0 Å². The molecule has 0 aliphatic rings. The summed E-state index contributed by atoms with van der Waals surface area (Å²) in [7, 11) is 0. The molecule has 0 bridgehead atoms. The molecular formula is C11H13N5O3. The first-order chi connectivity index (χ1) is 9.16. The number of aliphatic hydroxyl groups excluding tert-OH is 1. The van der Waals surface area contributed by atoms with Gasteiger partial charge in [0.15, 0.2) is 0 Å². The lowest BCUT2D eigenvalue weighted by Gasteiger charge is -2.12. The van der Waals surface area contributed by atoms with Gasteiger partial charge in [0.2, 0.25) is 5.82 Å². The Bertz CT molecular complexity index is 592. The van der Waals surface area contributed by atoms with E-state index >= 15 is 0 Å². The number of nitrogens with zero attached hydrogens (tertiary/aromatic N) is 3. The number of nitrogens with one attached hydrogen (secondary N) is 2. The van der Waals surface area contributed by atoms with Crippen LogP contribution in [0.2, 0.25) is 0 Å². The number of aromatic amines is 1. The molecule has 8 nitrogen and oxygen atoms in total. The number of carbonyl (C=O) groups is 1. The number of hydrogen-bond acceptors (Lipinski definition) is 5. The van der Waals surface area contributed by atoms with E-state index in [9.17, 15) is 14.7 Å². The quantitative estimate of drug-likeness (QED) is 0.624. The van der Waals surface area contributed by atoms with Gasteiger partial charge in [-0.05, 0) is 6.07 Å². The van der Waals surface area contributed by atoms with Crippen LogP contribution < -0.4 is 10.9 Å². The van der Waals surface area contributed by atoms with E-state index in [2.05, 4.69) is 20.5 Å². The lowest BCUT2D eigenvalue weighted by Crippen LogP contribution is -2.36. The SMILES string of the molecule is O=C(NCC(O)Cn1ccccc1=O)c1ncn[nH]1. The van der Waals surface area contributed by atoms with Crippen molar-refractivity contribution in [1.29, 1.82) is 0 Å². The number of H-pyrrole nitrogens is 1. The Balaban J connectivity index is 1.85. The van der Waals surface area contributed by atoms with Gasteiger partial charge in [0.05, 0.1) is 12.6 Å². The van der Waals surface area contributed by atoms with Crippen LogP contribution in [-0.4, -0.2) is 43.4 Å². The third-order valence-corrected chi connectivity index (χ3v) is 2.43. The van der Waals surface area contributed by atoms with Gasteiger partial charge in [0.1, 0.15) is 6.33 Å². The summed E-state index contributed by atoms with van der Waals surface area (Å²) in [5.41, 5.74) is -0.205. The number of pyridine rings is 1. The van der Waals surface area contributed by atoms with Crippen molar-refractivity contribution in [2.45, 2.75) is 12.6 Å². The Kier molecular flexibility index (Phi) is 4.04. The summed E-state index contributed by atoms with van der Waals surface area (Å²) >= 11 is 0. The summed E-state index contributed by atoms with van der Waals surface area (Å²) in [5.74, 6) is -0.388. The van der Waals surface area contributed by atoms with E-state index < -0.39 is 12.0 Å². The highest BCUT2D eigenvalue weighted by molar-refractivity contribution is 5.90. The average molecular weight is 263 g/mol. The second-order valence-electron chi connectivity index (χ2n) is 3.89. The van der Waals surface area contributed by atoms with Crippen LogP contribution in [0, 0.1) is 0 Å². The number of amides is 1. The van der Waals surface area contributed by atoms with Crippen LogP contribution in [0.4, 0.5) is 0 Å². The van der Waals surface area contributed by atoms with Crippen molar-refractivity contribution in [3.8, 4) is 0 Å². The Morgan fingerprint density at radius 2 is 2.37 bits per heavy atom. The average Bonchev–Trinajstić information content (AvgIpc) is 2.93. The van der Waals surface area contributed by atoms with Crippen LogP contribution in [0.15, 0.2) is 35.5 Å². The fourth-order valence-electron chi connectivity index (χ4n) is 1.51. The molecule has 19 heavy (non-hydrogen) atoms. The summed E-state index contributed by atoms with van der Waals surface area (Å²) in [6, 6.07) is 4.72. The van der Waals surface area contributed by atoms with Gasteiger partial charge in [0, 0.05) is 18.8 Å². The van der Waals surface area contributed by atoms with E-state index in [0.717, 1.165) is 0 Å². The van der Waals surface area contributed by atoms with Crippen molar-refractivity contribution < 1.29 is 9.90 Å². The first-order valence-corrected chi connectivity index (χ1v) is 5.64. The van der Waals surface area contributed by atoms with Gasteiger partial charge in [-0.25, -0.2) is 4.98 Å². The molecule has 2 rings (SSSR count). The van der Waals surface area contributed by atoms with Crippen LogP contribution in [-0.2, 0) is 6.54 Å². The predicted molar refractivity (Wildman–Crippen MR) is 65.4 cm³/mol. The normalized spacial score (nSPS) is 12.1. The first kappa shape index (κ1) is 13.0. The Morgan fingerprint density at radius 1 is 1.53 bits per heavy atom. The number of aromatic nitrogens is 4. The summed E-state index contributed by atoms with van der Waals surface area (Å²) in [6.07, 6.45) is 1.92. The van der Waals surface area contributed by atoms with Crippen molar-refractivity contribution in [2.75, 3.05) is 6.54 Å². The summed E-state index contributed by atoms with van der Waals surface area (Å²) in [6.45, 7) is 0.122. The fourth-order valence-corrected chi connectivity index (χ4v) is 1.51. The smallest absolute Gasteiger partial charge is 0.288 e. The Morgan fingerprint density at radius 3 is 3.05 bits per heavy atom. The zero-order valence-corrected chi connectivity index (χ0v) is 9.98. The van der Waals surface area contributed by atoms with E-state index in [1.807, 2.05) is 0 Å². The van der Waals surface area contributed by atoms with Crippen molar-refractivity contribution in [1.82, 2.24) is 25.1 Å². The Labute approximate surface area is 108 Å². The van der Waals surface area contributed by atoms with Gasteiger partial charge in [-0.3, -0.25) is 14.7 Å². The molecule has 0 saturated heterocycles. The highest BCUT2D eigenvalue weighted by atomic mass is 16.3. The van der Waals surface area contributed by atoms with Crippen molar-refractivity contribution >= 4 is 5.91 Å². The van der Waals surface area contributed by atoms with E-state index in [-0.39, 0.29) is 24.5 Å². The maximum atomic E-state index is 11.5. The highest BCUT2D eigenvalue weighted by Crippen LogP contribution is 1.90. The zero-order valence-electron chi connectivity index (χ0n) is 9.98.